The minimum atomic E-state index is -0.161. The van der Waals surface area contributed by atoms with Gasteiger partial charge in [0, 0.05) is 5.54 Å². The van der Waals surface area contributed by atoms with Crippen molar-refractivity contribution in [2.45, 2.75) is 51.0 Å². The van der Waals surface area contributed by atoms with Crippen molar-refractivity contribution in [2.75, 3.05) is 0 Å². The van der Waals surface area contributed by atoms with Crippen LogP contribution in [0.5, 0.6) is 0 Å². The second-order valence-electron chi connectivity index (χ2n) is 6.85. The predicted molar refractivity (Wildman–Crippen MR) is 116 cm³/mol. The van der Waals surface area contributed by atoms with Gasteiger partial charge in [0.25, 0.3) is 0 Å². The first-order valence-corrected chi connectivity index (χ1v) is 9.44. The van der Waals surface area contributed by atoms with Crippen LogP contribution < -0.4 is 11.9 Å². The normalized spacial score (nSPS) is 13.6. The number of hydrogen-bond donors (Lipinski definition) is 2. The number of rotatable bonds is 10. The fourth-order valence-electron chi connectivity index (χ4n) is 3.00. The zero-order chi connectivity index (χ0) is 17.8. The molecular formula is C24H34N2. The van der Waals surface area contributed by atoms with Crippen molar-refractivity contribution in [3.63, 3.8) is 0 Å². The van der Waals surface area contributed by atoms with Gasteiger partial charge in [-0.3, -0.25) is 0 Å². The van der Waals surface area contributed by atoms with Gasteiger partial charge < -0.3 is 11.9 Å². The third-order valence-corrected chi connectivity index (χ3v) is 4.55. The third kappa shape index (κ3) is 8.28. The van der Waals surface area contributed by atoms with Crippen molar-refractivity contribution in [3.8, 4) is 0 Å². The highest BCUT2D eigenvalue weighted by Crippen LogP contribution is 2.23. The monoisotopic (exact) mass is 350 g/mol. The summed E-state index contributed by atoms with van der Waals surface area (Å²) < 4.78 is 0. The van der Waals surface area contributed by atoms with E-state index < -0.39 is 0 Å². The van der Waals surface area contributed by atoms with Crippen molar-refractivity contribution in [1.29, 1.82) is 0 Å². The number of unbranched alkanes of at least 4 members (excludes halogenated alkanes) is 2. The molecule has 0 bridgehead atoms. The van der Waals surface area contributed by atoms with E-state index in [1.54, 1.807) is 0 Å². The second kappa shape index (κ2) is 12.2. The Morgan fingerprint density at radius 2 is 1.23 bits per heavy atom. The van der Waals surface area contributed by atoms with Crippen LogP contribution in [0.4, 0.5) is 0 Å². The van der Waals surface area contributed by atoms with E-state index in [-0.39, 0.29) is 11.7 Å². The Labute approximate surface area is 159 Å². The van der Waals surface area contributed by atoms with Gasteiger partial charge in [0.15, 0.2) is 0 Å². The van der Waals surface area contributed by atoms with Crippen molar-refractivity contribution in [1.82, 2.24) is 6.15 Å². The van der Waals surface area contributed by atoms with E-state index >= 15 is 0 Å². The van der Waals surface area contributed by atoms with Gasteiger partial charge in [-0.2, -0.15) is 0 Å². The van der Waals surface area contributed by atoms with Crippen molar-refractivity contribution < 1.29 is 0 Å². The number of nitrogens with two attached hydrogens (primary N) is 1. The molecule has 0 atom stereocenters. The van der Waals surface area contributed by atoms with Crippen LogP contribution in [0.1, 0.15) is 56.6 Å². The molecule has 0 heterocycles. The van der Waals surface area contributed by atoms with E-state index in [0.29, 0.717) is 0 Å². The summed E-state index contributed by atoms with van der Waals surface area (Å²) in [6.07, 6.45) is 15.4. The summed E-state index contributed by atoms with van der Waals surface area (Å²) in [6, 6.07) is 20.9. The molecule has 26 heavy (non-hydrogen) atoms. The van der Waals surface area contributed by atoms with Crippen LogP contribution in [0.3, 0.4) is 0 Å². The maximum Gasteiger partial charge on any atom is 0.0224 e. The lowest BCUT2D eigenvalue weighted by Gasteiger charge is -2.27. The molecule has 2 nitrogen and oxygen atoms in total. The molecule has 2 aromatic carbocycles. The molecule has 0 spiro atoms. The fourth-order valence-corrected chi connectivity index (χ4v) is 3.00. The van der Waals surface area contributed by atoms with Crippen LogP contribution in [0.15, 0.2) is 72.8 Å². The lowest BCUT2D eigenvalue weighted by molar-refractivity contribution is 0.384. The molecule has 2 rings (SSSR count). The van der Waals surface area contributed by atoms with Crippen molar-refractivity contribution in [2.24, 2.45) is 5.73 Å². The zero-order valence-electron chi connectivity index (χ0n) is 16.1. The van der Waals surface area contributed by atoms with Crippen LogP contribution in [0.25, 0.3) is 12.2 Å². The summed E-state index contributed by atoms with van der Waals surface area (Å²) in [5.74, 6) is 0. The minimum Gasteiger partial charge on any atom is -0.344 e. The predicted octanol–water partition coefficient (Wildman–Crippen LogP) is 6.63. The van der Waals surface area contributed by atoms with Gasteiger partial charge in [0.1, 0.15) is 0 Å². The standard InChI is InChI=1S/C24H31N.H3N/c1-2-3-10-19-24(25,20-11-17-22-13-6-4-7-14-22)21-12-18-23-15-8-5-9-16-23;/h4-9,11-18H,2-3,10,19-21,25H2,1H3;1H3. The second-order valence-corrected chi connectivity index (χ2v) is 6.85. The Morgan fingerprint density at radius 1 is 0.769 bits per heavy atom. The lowest BCUT2D eigenvalue weighted by Crippen LogP contribution is -2.38. The molecule has 140 valence electrons. The minimum absolute atomic E-state index is 0. The van der Waals surface area contributed by atoms with Crippen molar-refractivity contribution in [3.05, 3.63) is 83.9 Å². The molecule has 0 aromatic heterocycles. The Morgan fingerprint density at radius 3 is 1.65 bits per heavy atom. The Balaban J connectivity index is 0.00000338. The molecular weight excluding hydrogens is 316 g/mol. The van der Waals surface area contributed by atoms with Crippen LogP contribution in [0, 0.1) is 0 Å². The first-order valence-electron chi connectivity index (χ1n) is 9.44. The summed E-state index contributed by atoms with van der Waals surface area (Å²) in [5, 5.41) is 0. The topological polar surface area (TPSA) is 61.0 Å². The average Bonchev–Trinajstić information content (AvgIpc) is 2.64. The van der Waals surface area contributed by atoms with Crippen LogP contribution >= 0.6 is 0 Å². The molecule has 0 aliphatic carbocycles. The molecule has 0 unspecified atom stereocenters. The van der Waals surface area contributed by atoms with E-state index in [2.05, 4.69) is 79.8 Å². The quantitative estimate of drug-likeness (QED) is 0.472. The van der Waals surface area contributed by atoms with E-state index in [4.69, 9.17) is 5.73 Å². The molecule has 0 fully saturated rings. The van der Waals surface area contributed by atoms with Gasteiger partial charge in [0.2, 0.25) is 0 Å². The smallest absolute Gasteiger partial charge is 0.0224 e. The van der Waals surface area contributed by atoms with Gasteiger partial charge in [-0.15, -0.1) is 0 Å². The summed E-state index contributed by atoms with van der Waals surface area (Å²) >= 11 is 0. The molecule has 0 amide bonds. The number of benzene rings is 2. The van der Waals surface area contributed by atoms with Gasteiger partial charge in [0.05, 0.1) is 0 Å². The fraction of sp³-hybridized carbons (Fsp3) is 0.333. The number of hydrogen-bond acceptors (Lipinski definition) is 2. The molecule has 5 N–H and O–H groups in total. The molecule has 0 saturated carbocycles. The summed E-state index contributed by atoms with van der Waals surface area (Å²) in [7, 11) is 0. The highest BCUT2D eigenvalue weighted by atomic mass is 14.7. The molecule has 0 radical (unpaired) electrons. The van der Waals surface area contributed by atoms with Gasteiger partial charge in [-0.1, -0.05) is 111 Å². The van der Waals surface area contributed by atoms with Gasteiger partial charge >= 0.3 is 0 Å². The van der Waals surface area contributed by atoms with Crippen molar-refractivity contribution >= 4 is 12.2 Å². The van der Waals surface area contributed by atoms with E-state index in [1.807, 2.05) is 12.1 Å². The third-order valence-electron chi connectivity index (χ3n) is 4.55. The molecule has 0 aliphatic heterocycles. The molecule has 0 saturated heterocycles. The average molecular weight is 351 g/mol. The largest absolute Gasteiger partial charge is 0.344 e. The Hall–Kier alpha value is -2.16. The first kappa shape index (κ1) is 21.9. The van der Waals surface area contributed by atoms with E-state index in [9.17, 15) is 0 Å². The maximum atomic E-state index is 6.76. The van der Waals surface area contributed by atoms with E-state index in [0.717, 1.165) is 19.3 Å². The van der Waals surface area contributed by atoms with Crippen LogP contribution in [-0.2, 0) is 0 Å². The molecule has 0 aliphatic rings. The van der Waals surface area contributed by atoms with Gasteiger partial charge in [-0.25, -0.2) is 0 Å². The SMILES string of the molecule is CCCCCC(N)(CC=Cc1ccccc1)CC=Cc1ccccc1.N. The lowest BCUT2D eigenvalue weighted by atomic mass is 9.86. The van der Waals surface area contributed by atoms with Crippen LogP contribution in [-0.4, -0.2) is 5.54 Å². The first-order chi connectivity index (χ1) is 12.2. The zero-order valence-corrected chi connectivity index (χ0v) is 16.1. The summed E-state index contributed by atoms with van der Waals surface area (Å²) in [4.78, 5) is 0. The van der Waals surface area contributed by atoms with Gasteiger partial charge in [-0.05, 0) is 30.4 Å². The molecule has 2 heteroatoms. The maximum absolute atomic E-state index is 6.76. The highest BCUT2D eigenvalue weighted by Gasteiger charge is 2.21. The highest BCUT2D eigenvalue weighted by molar-refractivity contribution is 5.50. The summed E-state index contributed by atoms with van der Waals surface area (Å²) in [6.45, 7) is 2.24. The molecule has 2 aromatic rings. The Kier molecular flexibility index (Phi) is 10.3. The Bertz CT molecular complexity index is 593. The van der Waals surface area contributed by atoms with E-state index in [1.165, 1.54) is 30.4 Å². The summed E-state index contributed by atoms with van der Waals surface area (Å²) in [5.41, 5.74) is 9.07. The van der Waals surface area contributed by atoms with Crippen LogP contribution in [0.2, 0.25) is 0 Å².